The first-order valence-corrected chi connectivity index (χ1v) is 7.28. The minimum atomic E-state index is 0.848. The van der Waals surface area contributed by atoms with Crippen LogP contribution >= 0.6 is 0 Å². The predicted octanol–water partition coefficient (Wildman–Crippen LogP) is 1.18. The Morgan fingerprint density at radius 3 is 2.63 bits per heavy atom. The SMILES string of the molecule is CN(C)c1nc2c(c(N3CCCCC3)n1)CNCC2. The summed E-state index contributed by atoms with van der Waals surface area (Å²) < 4.78 is 0. The second-order valence-electron chi connectivity index (χ2n) is 5.64. The fourth-order valence-electron chi connectivity index (χ4n) is 2.88. The minimum absolute atomic E-state index is 0.848. The van der Waals surface area contributed by atoms with Gasteiger partial charge in [-0.15, -0.1) is 0 Å². The summed E-state index contributed by atoms with van der Waals surface area (Å²) in [4.78, 5) is 14.0. The van der Waals surface area contributed by atoms with Crippen molar-refractivity contribution >= 4 is 11.8 Å². The molecule has 0 atom stereocenters. The average Bonchev–Trinajstić information content (AvgIpc) is 2.47. The van der Waals surface area contributed by atoms with Crippen LogP contribution in [-0.2, 0) is 13.0 Å². The van der Waals surface area contributed by atoms with Crippen LogP contribution in [0.3, 0.4) is 0 Å². The summed E-state index contributed by atoms with van der Waals surface area (Å²) in [6.45, 7) is 4.21. The van der Waals surface area contributed by atoms with Gasteiger partial charge < -0.3 is 15.1 Å². The topological polar surface area (TPSA) is 44.3 Å². The van der Waals surface area contributed by atoms with Gasteiger partial charge >= 0.3 is 0 Å². The summed E-state index contributed by atoms with van der Waals surface area (Å²) in [6.07, 6.45) is 4.93. The van der Waals surface area contributed by atoms with Crippen molar-refractivity contribution in [2.75, 3.05) is 43.5 Å². The lowest BCUT2D eigenvalue weighted by Crippen LogP contribution is -2.35. The Hall–Kier alpha value is -1.36. The first kappa shape index (κ1) is 12.7. The molecular weight excluding hydrogens is 238 g/mol. The third-order valence-corrected chi connectivity index (χ3v) is 3.96. The molecule has 0 aromatic carbocycles. The molecule has 0 unspecified atom stereocenters. The Morgan fingerprint density at radius 1 is 1.11 bits per heavy atom. The molecule has 5 nitrogen and oxygen atoms in total. The summed E-state index contributed by atoms with van der Waals surface area (Å²) in [5.74, 6) is 2.02. The molecule has 104 valence electrons. The lowest BCUT2D eigenvalue weighted by atomic mass is 10.1. The molecule has 0 saturated carbocycles. The van der Waals surface area contributed by atoms with Gasteiger partial charge in [-0.3, -0.25) is 0 Å². The first-order valence-electron chi connectivity index (χ1n) is 7.28. The first-order chi connectivity index (χ1) is 9.25. The van der Waals surface area contributed by atoms with Gasteiger partial charge in [-0.05, 0) is 19.3 Å². The largest absolute Gasteiger partial charge is 0.356 e. The number of nitrogens with one attached hydrogen (secondary N) is 1. The zero-order valence-electron chi connectivity index (χ0n) is 11.9. The number of hydrogen-bond acceptors (Lipinski definition) is 5. The molecule has 3 heterocycles. The maximum atomic E-state index is 4.81. The lowest BCUT2D eigenvalue weighted by molar-refractivity contribution is 0.561. The fraction of sp³-hybridized carbons (Fsp3) is 0.714. The molecule has 2 aliphatic rings. The Morgan fingerprint density at radius 2 is 1.89 bits per heavy atom. The molecule has 2 aliphatic heterocycles. The van der Waals surface area contributed by atoms with Crippen LogP contribution in [0.15, 0.2) is 0 Å². The zero-order chi connectivity index (χ0) is 13.2. The Kier molecular flexibility index (Phi) is 3.55. The highest BCUT2D eigenvalue weighted by molar-refractivity contribution is 5.54. The lowest BCUT2D eigenvalue weighted by Gasteiger charge is -2.32. The smallest absolute Gasteiger partial charge is 0.227 e. The minimum Gasteiger partial charge on any atom is -0.356 e. The van der Waals surface area contributed by atoms with Crippen LogP contribution in [0.4, 0.5) is 11.8 Å². The molecule has 0 radical (unpaired) electrons. The van der Waals surface area contributed by atoms with Crippen LogP contribution in [-0.4, -0.2) is 43.7 Å². The van der Waals surface area contributed by atoms with E-state index in [-0.39, 0.29) is 0 Å². The van der Waals surface area contributed by atoms with Crippen LogP contribution in [0.5, 0.6) is 0 Å². The highest BCUT2D eigenvalue weighted by Gasteiger charge is 2.23. The summed E-state index contributed by atoms with van der Waals surface area (Å²) >= 11 is 0. The molecule has 3 rings (SSSR count). The van der Waals surface area contributed by atoms with Crippen molar-refractivity contribution in [2.24, 2.45) is 0 Å². The van der Waals surface area contributed by atoms with Gasteiger partial charge in [-0.2, -0.15) is 4.98 Å². The van der Waals surface area contributed by atoms with Crippen molar-refractivity contribution < 1.29 is 0 Å². The molecule has 1 fully saturated rings. The molecule has 0 amide bonds. The van der Waals surface area contributed by atoms with Gasteiger partial charge in [0, 0.05) is 52.3 Å². The summed E-state index contributed by atoms with van der Waals surface area (Å²) in [5.41, 5.74) is 2.55. The van der Waals surface area contributed by atoms with Gasteiger partial charge in [0.25, 0.3) is 0 Å². The molecule has 0 spiro atoms. The van der Waals surface area contributed by atoms with E-state index in [0.717, 1.165) is 38.5 Å². The second kappa shape index (κ2) is 5.33. The molecule has 0 bridgehead atoms. The second-order valence-corrected chi connectivity index (χ2v) is 5.64. The van der Waals surface area contributed by atoms with Gasteiger partial charge in [0.1, 0.15) is 5.82 Å². The predicted molar refractivity (Wildman–Crippen MR) is 77.8 cm³/mol. The molecule has 1 saturated heterocycles. The highest BCUT2D eigenvalue weighted by atomic mass is 15.3. The van der Waals surface area contributed by atoms with Crippen molar-refractivity contribution in [1.29, 1.82) is 0 Å². The molecule has 0 aliphatic carbocycles. The van der Waals surface area contributed by atoms with Crippen molar-refractivity contribution in [3.05, 3.63) is 11.3 Å². The number of aromatic nitrogens is 2. The molecule has 1 aromatic rings. The van der Waals surface area contributed by atoms with Crippen molar-refractivity contribution in [3.63, 3.8) is 0 Å². The van der Waals surface area contributed by atoms with Crippen LogP contribution in [0.1, 0.15) is 30.5 Å². The maximum absolute atomic E-state index is 4.81. The Balaban J connectivity index is 2.01. The van der Waals surface area contributed by atoms with Gasteiger partial charge in [0.05, 0.1) is 5.69 Å². The third kappa shape index (κ3) is 2.52. The number of rotatable bonds is 2. The van der Waals surface area contributed by atoms with Gasteiger partial charge in [-0.25, -0.2) is 4.98 Å². The molecule has 1 aromatic heterocycles. The normalized spacial score (nSPS) is 19.2. The Labute approximate surface area is 115 Å². The number of piperidine rings is 1. The van der Waals surface area contributed by atoms with Gasteiger partial charge in [0.2, 0.25) is 5.95 Å². The monoisotopic (exact) mass is 261 g/mol. The number of hydrogen-bond donors (Lipinski definition) is 1. The number of fused-ring (bicyclic) bond motifs is 1. The van der Waals surface area contributed by atoms with Crippen molar-refractivity contribution in [2.45, 2.75) is 32.2 Å². The van der Waals surface area contributed by atoms with Crippen molar-refractivity contribution in [3.8, 4) is 0 Å². The van der Waals surface area contributed by atoms with Crippen LogP contribution in [0, 0.1) is 0 Å². The van der Waals surface area contributed by atoms with E-state index in [9.17, 15) is 0 Å². The maximum Gasteiger partial charge on any atom is 0.227 e. The van der Waals surface area contributed by atoms with Crippen LogP contribution < -0.4 is 15.1 Å². The van der Waals surface area contributed by atoms with E-state index in [2.05, 4.69) is 10.2 Å². The molecule has 19 heavy (non-hydrogen) atoms. The van der Waals surface area contributed by atoms with Gasteiger partial charge in [0.15, 0.2) is 0 Å². The fourth-order valence-corrected chi connectivity index (χ4v) is 2.88. The van der Waals surface area contributed by atoms with E-state index >= 15 is 0 Å². The molecule has 5 heteroatoms. The van der Waals surface area contributed by atoms with E-state index < -0.39 is 0 Å². The van der Waals surface area contributed by atoms with E-state index in [1.807, 2.05) is 19.0 Å². The van der Waals surface area contributed by atoms with E-state index in [1.165, 1.54) is 36.3 Å². The molecular formula is C14H23N5. The standard InChI is InChI=1S/C14H23N5/c1-18(2)14-16-12-6-7-15-10-11(12)13(17-14)19-8-4-3-5-9-19/h15H,3-10H2,1-2H3. The number of nitrogens with zero attached hydrogens (tertiary/aromatic N) is 4. The summed E-state index contributed by atoms with van der Waals surface area (Å²) in [7, 11) is 4.03. The average molecular weight is 261 g/mol. The van der Waals surface area contributed by atoms with E-state index in [0.29, 0.717) is 0 Å². The zero-order valence-corrected chi connectivity index (χ0v) is 11.9. The van der Waals surface area contributed by atoms with Crippen LogP contribution in [0.2, 0.25) is 0 Å². The van der Waals surface area contributed by atoms with Crippen molar-refractivity contribution in [1.82, 2.24) is 15.3 Å². The Bertz CT molecular complexity index is 451. The van der Waals surface area contributed by atoms with Gasteiger partial charge in [-0.1, -0.05) is 0 Å². The molecule has 1 N–H and O–H groups in total. The number of anilines is 2. The summed E-state index contributed by atoms with van der Waals surface area (Å²) in [5, 5.41) is 3.45. The quantitative estimate of drug-likeness (QED) is 0.866. The summed E-state index contributed by atoms with van der Waals surface area (Å²) in [6, 6.07) is 0. The van der Waals surface area contributed by atoms with E-state index in [4.69, 9.17) is 9.97 Å². The van der Waals surface area contributed by atoms with E-state index in [1.54, 1.807) is 0 Å². The van der Waals surface area contributed by atoms with Crippen LogP contribution in [0.25, 0.3) is 0 Å². The highest BCUT2D eigenvalue weighted by Crippen LogP contribution is 2.27. The third-order valence-electron chi connectivity index (χ3n) is 3.96.